The molecular weight excluding hydrogens is 270 g/mol. The molecule has 21 heavy (non-hydrogen) atoms. The zero-order valence-electron chi connectivity index (χ0n) is 12.4. The number of benzene rings is 1. The van der Waals surface area contributed by atoms with Crippen LogP contribution < -0.4 is 0 Å². The van der Waals surface area contributed by atoms with Crippen LogP contribution in [0.2, 0.25) is 0 Å². The van der Waals surface area contributed by atoms with Gasteiger partial charge in [-0.15, -0.1) is 0 Å². The maximum absolute atomic E-state index is 12.5. The van der Waals surface area contributed by atoms with Gasteiger partial charge in [0.05, 0.1) is 17.4 Å². The number of hydrogen-bond donors (Lipinski definition) is 1. The minimum absolute atomic E-state index is 0.0745. The molecule has 0 fully saturated rings. The van der Waals surface area contributed by atoms with E-state index in [9.17, 15) is 9.59 Å². The Bertz CT molecular complexity index is 670. The van der Waals surface area contributed by atoms with E-state index in [-0.39, 0.29) is 19.0 Å². The number of carboxylic acid groups (broad SMARTS) is 1. The highest BCUT2D eigenvalue weighted by Gasteiger charge is 2.28. The zero-order chi connectivity index (χ0) is 15.6. The van der Waals surface area contributed by atoms with Crippen LogP contribution in [0.15, 0.2) is 30.6 Å². The lowest BCUT2D eigenvalue weighted by atomic mass is 10.1. The topological polar surface area (TPSA) is 75.4 Å². The number of amides is 1. The summed E-state index contributed by atoms with van der Waals surface area (Å²) in [6.07, 6.45) is 1.60. The van der Waals surface area contributed by atoms with Crippen LogP contribution in [0.4, 0.5) is 0 Å². The van der Waals surface area contributed by atoms with Gasteiger partial charge in [0.15, 0.2) is 0 Å². The van der Waals surface area contributed by atoms with E-state index in [2.05, 4.69) is 4.98 Å². The van der Waals surface area contributed by atoms with Gasteiger partial charge in [0, 0.05) is 5.54 Å². The number of aromatic nitrogens is 2. The molecule has 0 spiro atoms. The van der Waals surface area contributed by atoms with Gasteiger partial charge in [-0.2, -0.15) is 0 Å². The van der Waals surface area contributed by atoms with Crippen molar-refractivity contribution in [3.63, 3.8) is 0 Å². The number of rotatable bonds is 4. The lowest BCUT2D eigenvalue weighted by Crippen LogP contribution is -2.49. The monoisotopic (exact) mass is 289 g/mol. The largest absolute Gasteiger partial charge is 0.480 e. The van der Waals surface area contributed by atoms with Crippen LogP contribution in [-0.2, 0) is 16.1 Å². The van der Waals surface area contributed by atoms with Gasteiger partial charge in [0.25, 0.3) is 0 Å². The Balaban J connectivity index is 2.24. The van der Waals surface area contributed by atoms with Crippen molar-refractivity contribution in [3.8, 4) is 0 Å². The number of carbonyl (C=O) groups is 2. The first-order chi connectivity index (χ1) is 9.79. The highest BCUT2D eigenvalue weighted by molar-refractivity contribution is 5.84. The molecule has 0 saturated heterocycles. The number of para-hydroxylation sites is 2. The molecule has 1 heterocycles. The summed E-state index contributed by atoms with van der Waals surface area (Å²) in [6.45, 7) is 5.22. The summed E-state index contributed by atoms with van der Waals surface area (Å²) in [5, 5.41) is 8.98. The number of imidazole rings is 1. The predicted octanol–water partition coefficient (Wildman–Crippen LogP) is 1.75. The molecule has 1 N–H and O–H groups in total. The first kappa shape index (κ1) is 15.0. The van der Waals surface area contributed by atoms with Crippen molar-refractivity contribution >= 4 is 22.9 Å². The molecule has 0 unspecified atom stereocenters. The number of aliphatic carboxylic acids is 1. The second-order valence-electron chi connectivity index (χ2n) is 5.91. The van der Waals surface area contributed by atoms with Crippen molar-refractivity contribution < 1.29 is 14.7 Å². The van der Waals surface area contributed by atoms with Crippen LogP contribution in [0, 0.1) is 0 Å². The third-order valence-corrected chi connectivity index (χ3v) is 3.24. The maximum Gasteiger partial charge on any atom is 0.323 e. The summed E-state index contributed by atoms with van der Waals surface area (Å²) in [4.78, 5) is 29.0. The van der Waals surface area contributed by atoms with Crippen LogP contribution in [0.3, 0.4) is 0 Å². The van der Waals surface area contributed by atoms with Crippen molar-refractivity contribution in [2.45, 2.75) is 32.9 Å². The summed E-state index contributed by atoms with van der Waals surface area (Å²) in [6, 6.07) is 7.51. The van der Waals surface area contributed by atoms with Crippen molar-refractivity contribution in [1.82, 2.24) is 14.5 Å². The van der Waals surface area contributed by atoms with E-state index in [0.717, 1.165) is 11.0 Å². The Labute approximate surface area is 123 Å². The fourth-order valence-electron chi connectivity index (χ4n) is 2.20. The molecule has 0 aliphatic heterocycles. The Hall–Kier alpha value is -2.37. The second-order valence-corrected chi connectivity index (χ2v) is 5.91. The van der Waals surface area contributed by atoms with Gasteiger partial charge in [0.2, 0.25) is 5.91 Å². The molecule has 1 aromatic heterocycles. The van der Waals surface area contributed by atoms with Crippen molar-refractivity contribution in [2.24, 2.45) is 0 Å². The molecule has 2 aromatic rings. The van der Waals surface area contributed by atoms with E-state index in [1.54, 1.807) is 10.9 Å². The van der Waals surface area contributed by atoms with Gasteiger partial charge in [-0.25, -0.2) is 4.98 Å². The van der Waals surface area contributed by atoms with E-state index in [0.29, 0.717) is 0 Å². The van der Waals surface area contributed by atoms with Crippen molar-refractivity contribution in [3.05, 3.63) is 30.6 Å². The standard InChI is InChI=1S/C15H19N3O3/c1-15(2,3)18(9-14(20)21)13(19)8-17-10-16-11-6-4-5-7-12(11)17/h4-7,10H,8-9H2,1-3H3,(H,20,21). The molecule has 0 aliphatic rings. The minimum atomic E-state index is -1.02. The van der Waals surface area contributed by atoms with Crippen molar-refractivity contribution in [2.75, 3.05) is 6.54 Å². The summed E-state index contributed by atoms with van der Waals surface area (Å²) in [7, 11) is 0. The maximum atomic E-state index is 12.5. The second kappa shape index (κ2) is 5.55. The number of carboxylic acids is 1. The van der Waals surface area contributed by atoms with E-state index >= 15 is 0 Å². The third kappa shape index (κ3) is 3.39. The van der Waals surface area contributed by atoms with Crippen LogP contribution >= 0.6 is 0 Å². The number of carbonyl (C=O) groups excluding carboxylic acids is 1. The molecule has 6 heteroatoms. The first-order valence-electron chi connectivity index (χ1n) is 6.71. The van der Waals surface area contributed by atoms with Crippen LogP contribution in [-0.4, -0.2) is 43.5 Å². The molecule has 1 amide bonds. The average molecular weight is 289 g/mol. The molecular formula is C15H19N3O3. The van der Waals surface area contributed by atoms with Gasteiger partial charge >= 0.3 is 5.97 Å². The van der Waals surface area contributed by atoms with Gasteiger partial charge in [-0.3, -0.25) is 9.59 Å². The van der Waals surface area contributed by atoms with Gasteiger partial charge in [-0.05, 0) is 32.9 Å². The van der Waals surface area contributed by atoms with Crippen LogP contribution in [0.25, 0.3) is 11.0 Å². The molecule has 0 saturated carbocycles. The van der Waals surface area contributed by atoms with E-state index in [4.69, 9.17) is 5.11 Å². The van der Waals surface area contributed by atoms with E-state index < -0.39 is 11.5 Å². The van der Waals surface area contributed by atoms with E-state index in [1.165, 1.54) is 4.90 Å². The highest BCUT2D eigenvalue weighted by atomic mass is 16.4. The van der Waals surface area contributed by atoms with Crippen molar-refractivity contribution in [1.29, 1.82) is 0 Å². The summed E-state index contributed by atoms with van der Waals surface area (Å²) >= 11 is 0. The summed E-state index contributed by atoms with van der Waals surface area (Å²) in [5.74, 6) is -1.26. The van der Waals surface area contributed by atoms with Gasteiger partial charge in [-0.1, -0.05) is 12.1 Å². The Morgan fingerprint density at radius 1 is 1.29 bits per heavy atom. The van der Waals surface area contributed by atoms with Crippen LogP contribution in [0.1, 0.15) is 20.8 Å². The first-order valence-corrected chi connectivity index (χ1v) is 6.71. The van der Waals surface area contributed by atoms with E-state index in [1.807, 2.05) is 45.0 Å². The Kier molecular flexibility index (Phi) is 3.97. The molecule has 0 aliphatic carbocycles. The number of fused-ring (bicyclic) bond motifs is 1. The summed E-state index contributed by atoms with van der Waals surface area (Å²) in [5.41, 5.74) is 1.12. The molecule has 6 nitrogen and oxygen atoms in total. The average Bonchev–Trinajstić information content (AvgIpc) is 2.78. The molecule has 0 radical (unpaired) electrons. The SMILES string of the molecule is CC(C)(C)N(CC(=O)O)C(=O)Cn1cnc2ccccc21. The van der Waals surface area contributed by atoms with Crippen LogP contribution in [0.5, 0.6) is 0 Å². The molecule has 2 rings (SSSR count). The minimum Gasteiger partial charge on any atom is -0.480 e. The lowest BCUT2D eigenvalue weighted by Gasteiger charge is -2.34. The fraction of sp³-hybridized carbons (Fsp3) is 0.400. The normalized spacial score (nSPS) is 11.6. The lowest BCUT2D eigenvalue weighted by molar-refractivity contribution is -0.148. The highest BCUT2D eigenvalue weighted by Crippen LogP contribution is 2.16. The van der Waals surface area contributed by atoms with Gasteiger partial charge in [0.1, 0.15) is 13.1 Å². The predicted molar refractivity (Wildman–Crippen MR) is 78.8 cm³/mol. The zero-order valence-corrected chi connectivity index (χ0v) is 12.4. The Morgan fingerprint density at radius 2 is 1.95 bits per heavy atom. The number of nitrogens with zero attached hydrogens (tertiary/aromatic N) is 3. The molecule has 1 aromatic carbocycles. The van der Waals surface area contributed by atoms with Gasteiger partial charge < -0.3 is 14.6 Å². The smallest absolute Gasteiger partial charge is 0.323 e. The molecule has 112 valence electrons. The quantitative estimate of drug-likeness (QED) is 0.930. The molecule has 0 bridgehead atoms. The molecule has 0 atom stereocenters. The summed E-state index contributed by atoms with van der Waals surface area (Å²) < 4.78 is 1.73. The third-order valence-electron chi connectivity index (χ3n) is 3.24. The Morgan fingerprint density at radius 3 is 2.57 bits per heavy atom. The fourth-order valence-corrected chi connectivity index (χ4v) is 2.20. The number of hydrogen-bond acceptors (Lipinski definition) is 3.